The van der Waals surface area contributed by atoms with Gasteiger partial charge in [-0.05, 0) is 45.0 Å². The highest BCUT2D eigenvalue weighted by molar-refractivity contribution is 7.11. The van der Waals surface area contributed by atoms with Gasteiger partial charge in [0.2, 0.25) is 0 Å². The van der Waals surface area contributed by atoms with E-state index in [9.17, 15) is 4.79 Å². The zero-order chi connectivity index (χ0) is 15.9. The summed E-state index contributed by atoms with van der Waals surface area (Å²) in [5, 5.41) is 3.84. The Morgan fingerprint density at radius 3 is 2.36 bits per heavy atom. The Balaban J connectivity index is 1.76. The fourth-order valence-corrected chi connectivity index (χ4v) is 2.79. The number of ether oxygens (including phenoxy) is 2. The van der Waals surface area contributed by atoms with Crippen LogP contribution >= 0.6 is 11.3 Å². The molecule has 0 atom stereocenters. The molecule has 1 aromatic heterocycles. The SMILES string of the molecule is CCOc1ccc(OCC(=O)NCc2sc(C)nc2C)cc1. The van der Waals surface area contributed by atoms with Crippen LogP contribution in [0.3, 0.4) is 0 Å². The second-order valence-electron chi connectivity index (χ2n) is 4.71. The largest absolute Gasteiger partial charge is 0.494 e. The van der Waals surface area contributed by atoms with Gasteiger partial charge in [-0.25, -0.2) is 4.98 Å². The van der Waals surface area contributed by atoms with E-state index < -0.39 is 0 Å². The Morgan fingerprint density at radius 2 is 1.82 bits per heavy atom. The van der Waals surface area contributed by atoms with Crippen molar-refractivity contribution in [3.8, 4) is 11.5 Å². The molecule has 1 amide bonds. The molecule has 118 valence electrons. The molecule has 0 radical (unpaired) electrons. The van der Waals surface area contributed by atoms with Crippen LogP contribution in [0.4, 0.5) is 0 Å². The molecule has 0 aliphatic heterocycles. The molecule has 0 saturated heterocycles. The van der Waals surface area contributed by atoms with E-state index in [1.807, 2.05) is 32.9 Å². The van der Waals surface area contributed by atoms with Crippen molar-refractivity contribution in [2.45, 2.75) is 27.3 Å². The van der Waals surface area contributed by atoms with Gasteiger partial charge in [0.1, 0.15) is 11.5 Å². The van der Waals surface area contributed by atoms with Gasteiger partial charge in [-0.15, -0.1) is 11.3 Å². The van der Waals surface area contributed by atoms with E-state index in [-0.39, 0.29) is 12.5 Å². The Bertz CT molecular complexity index is 623. The molecule has 5 nitrogen and oxygen atoms in total. The maximum Gasteiger partial charge on any atom is 0.258 e. The highest BCUT2D eigenvalue weighted by Crippen LogP contribution is 2.18. The number of carbonyl (C=O) groups is 1. The molecule has 0 bridgehead atoms. The summed E-state index contributed by atoms with van der Waals surface area (Å²) in [7, 11) is 0. The van der Waals surface area contributed by atoms with Crippen LogP contribution in [0, 0.1) is 13.8 Å². The molecular weight excluding hydrogens is 300 g/mol. The maximum absolute atomic E-state index is 11.8. The van der Waals surface area contributed by atoms with Crippen molar-refractivity contribution in [1.29, 1.82) is 0 Å². The van der Waals surface area contributed by atoms with E-state index in [0.717, 1.165) is 21.3 Å². The summed E-state index contributed by atoms with van der Waals surface area (Å²) in [5.74, 6) is 1.28. The number of hydrogen-bond acceptors (Lipinski definition) is 5. The fourth-order valence-electron chi connectivity index (χ4n) is 1.92. The monoisotopic (exact) mass is 320 g/mol. The number of nitrogens with zero attached hydrogens (tertiary/aromatic N) is 1. The van der Waals surface area contributed by atoms with Gasteiger partial charge >= 0.3 is 0 Å². The molecule has 0 aliphatic carbocycles. The normalized spacial score (nSPS) is 10.3. The molecular formula is C16H20N2O3S. The Labute approximate surface area is 134 Å². The minimum absolute atomic E-state index is 0.00911. The minimum atomic E-state index is -0.153. The minimum Gasteiger partial charge on any atom is -0.494 e. The van der Waals surface area contributed by atoms with E-state index in [0.29, 0.717) is 18.9 Å². The molecule has 0 unspecified atom stereocenters. The van der Waals surface area contributed by atoms with Gasteiger partial charge in [-0.1, -0.05) is 0 Å². The van der Waals surface area contributed by atoms with E-state index in [4.69, 9.17) is 9.47 Å². The summed E-state index contributed by atoms with van der Waals surface area (Å²) in [4.78, 5) is 17.2. The van der Waals surface area contributed by atoms with Gasteiger partial charge in [0.15, 0.2) is 6.61 Å². The Kier molecular flexibility index (Phi) is 5.77. The van der Waals surface area contributed by atoms with Crippen molar-refractivity contribution in [2.75, 3.05) is 13.2 Å². The lowest BCUT2D eigenvalue weighted by Gasteiger charge is -2.08. The van der Waals surface area contributed by atoms with Crippen molar-refractivity contribution in [3.05, 3.63) is 39.8 Å². The first-order valence-electron chi connectivity index (χ1n) is 7.13. The number of thiazole rings is 1. The van der Waals surface area contributed by atoms with Crippen LogP contribution in [-0.4, -0.2) is 24.1 Å². The number of aromatic nitrogens is 1. The van der Waals surface area contributed by atoms with Crippen LogP contribution in [0.25, 0.3) is 0 Å². The Morgan fingerprint density at radius 1 is 1.18 bits per heavy atom. The maximum atomic E-state index is 11.8. The third kappa shape index (κ3) is 4.73. The van der Waals surface area contributed by atoms with Gasteiger partial charge in [-0.3, -0.25) is 4.79 Å². The predicted octanol–water partition coefficient (Wildman–Crippen LogP) is 2.85. The molecule has 1 aromatic carbocycles. The highest BCUT2D eigenvalue weighted by Gasteiger charge is 2.07. The third-order valence-corrected chi connectivity index (χ3v) is 4.02. The molecule has 1 N–H and O–H groups in total. The van der Waals surface area contributed by atoms with E-state index in [1.54, 1.807) is 23.5 Å². The van der Waals surface area contributed by atoms with E-state index in [2.05, 4.69) is 10.3 Å². The molecule has 22 heavy (non-hydrogen) atoms. The molecule has 2 aromatic rings. The molecule has 0 spiro atoms. The lowest BCUT2D eigenvalue weighted by atomic mass is 10.3. The smallest absolute Gasteiger partial charge is 0.258 e. The lowest BCUT2D eigenvalue weighted by Crippen LogP contribution is -2.28. The second-order valence-corrected chi connectivity index (χ2v) is 6.00. The quantitative estimate of drug-likeness (QED) is 0.852. The van der Waals surface area contributed by atoms with E-state index in [1.165, 1.54) is 0 Å². The standard InChI is InChI=1S/C16H20N2O3S/c1-4-20-13-5-7-14(8-6-13)21-10-16(19)17-9-15-11(2)18-12(3)22-15/h5-8H,4,9-10H2,1-3H3,(H,17,19). The van der Waals surface area contributed by atoms with Crippen LogP contribution in [0.1, 0.15) is 22.5 Å². The van der Waals surface area contributed by atoms with Gasteiger partial charge in [0.05, 0.1) is 23.9 Å². The van der Waals surface area contributed by atoms with Gasteiger partial charge in [0.25, 0.3) is 5.91 Å². The fraction of sp³-hybridized carbons (Fsp3) is 0.375. The summed E-state index contributed by atoms with van der Waals surface area (Å²) in [6.07, 6.45) is 0. The summed E-state index contributed by atoms with van der Waals surface area (Å²) in [5.41, 5.74) is 0.968. The first-order valence-corrected chi connectivity index (χ1v) is 7.95. The first-order chi connectivity index (χ1) is 10.6. The average Bonchev–Trinajstić information content (AvgIpc) is 2.82. The molecule has 1 heterocycles. The summed E-state index contributed by atoms with van der Waals surface area (Å²) >= 11 is 1.60. The summed E-state index contributed by atoms with van der Waals surface area (Å²) in [6, 6.07) is 7.21. The Hall–Kier alpha value is -2.08. The number of amides is 1. The first kappa shape index (κ1) is 16.3. The van der Waals surface area contributed by atoms with Crippen LogP contribution < -0.4 is 14.8 Å². The molecule has 6 heteroatoms. The number of hydrogen-bond donors (Lipinski definition) is 1. The van der Waals surface area contributed by atoms with Crippen LogP contribution in [0.5, 0.6) is 11.5 Å². The van der Waals surface area contributed by atoms with Gasteiger partial charge in [0, 0.05) is 4.88 Å². The van der Waals surface area contributed by atoms with Crippen molar-refractivity contribution < 1.29 is 14.3 Å². The molecule has 0 fully saturated rings. The van der Waals surface area contributed by atoms with E-state index >= 15 is 0 Å². The number of aryl methyl sites for hydroxylation is 2. The summed E-state index contributed by atoms with van der Waals surface area (Å²) in [6.45, 7) is 6.94. The van der Waals surface area contributed by atoms with Crippen molar-refractivity contribution in [2.24, 2.45) is 0 Å². The molecule has 0 aliphatic rings. The molecule has 0 saturated carbocycles. The number of rotatable bonds is 7. The topological polar surface area (TPSA) is 60.5 Å². The van der Waals surface area contributed by atoms with Crippen LogP contribution in [0.2, 0.25) is 0 Å². The zero-order valence-corrected chi connectivity index (χ0v) is 13.8. The van der Waals surface area contributed by atoms with Crippen LogP contribution in [0.15, 0.2) is 24.3 Å². The average molecular weight is 320 g/mol. The zero-order valence-electron chi connectivity index (χ0n) is 13.0. The number of carbonyl (C=O) groups excluding carboxylic acids is 1. The van der Waals surface area contributed by atoms with Crippen molar-refractivity contribution in [1.82, 2.24) is 10.3 Å². The predicted molar refractivity (Wildman–Crippen MR) is 86.5 cm³/mol. The molecule has 2 rings (SSSR count). The number of nitrogens with one attached hydrogen (secondary N) is 1. The van der Waals surface area contributed by atoms with Crippen molar-refractivity contribution >= 4 is 17.2 Å². The summed E-state index contributed by atoms with van der Waals surface area (Å²) < 4.78 is 10.8. The van der Waals surface area contributed by atoms with Gasteiger partial charge < -0.3 is 14.8 Å². The lowest BCUT2D eigenvalue weighted by molar-refractivity contribution is -0.123. The second kappa shape index (κ2) is 7.79. The highest BCUT2D eigenvalue weighted by atomic mass is 32.1. The third-order valence-electron chi connectivity index (χ3n) is 2.95. The van der Waals surface area contributed by atoms with Gasteiger partial charge in [-0.2, -0.15) is 0 Å². The number of benzene rings is 1. The van der Waals surface area contributed by atoms with Crippen LogP contribution in [-0.2, 0) is 11.3 Å². The van der Waals surface area contributed by atoms with Crippen molar-refractivity contribution in [3.63, 3.8) is 0 Å².